The lowest BCUT2D eigenvalue weighted by atomic mass is 10.1. The number of rotatable bonds is 5. The van der Waals surface area contributed by atoms with Crippen molar-refractivity contribution in [2.24, 2.45) is 5.16 Å². The van der Waals surface area contributed by atoms with Crippen LogP contribution in [0.2, 0.25) is 0 Å². The molecule has 1 aromatic carbocycles. The topological polar surface area (TPSA) is 108 Å². The van der Waals surface area contributed by atoms with E-state index in [9.17, 15) is 9.18 Å². The Hall–Kier alpha value is -3.47. The summed E-state index contributed by atoms with van der Waals surface area (Å²) in [5.41, 5.74) is 0.627. The number of carbonyl (C=O) groups is 1. The van der Waals surface area contributed by atoms with Crippen molar-refractivity contribution in [3.05, 3.63) is 59.5 Å². The van der Waals surface area contributed by atoms with Crippen LogP contribution in [0.15, 0.2) is 47.6 Å². The number of carboxylic acid groups (broad SMARTS) is 1. The van der Waals surface area contributed by atoms with Gasteiger partial charge in [0.05, 0.1) is 5.69 Å². The second kappa shape index (κ2) is 7.51. The zero-order valence-corrected chi connectivity index (χ0v) is 11.7. The number of aromatic nitrogens is 1. The Morgan fingerprint density at radius 2 is 2.17 bits per heavy atom. The van der Waals surface area contributed by atoms with E-state index in [-0.39, 0.29) is 18.1 Å². The van der Waals surface area contributed by atoms with E-state index in [4.69, 9.17) is 15.2 Å². The van der Waals surface area contributed by atoms with Gasteiger partial charge in [-0.15, -0.1) is 0 Å². The first kappa shape index (κ1) is 15.9. The molecule has 23 heavy (non-hydrogen) atoms. The molecule has 2 aromatic rings. The lowest BCUT2D eigenvalue weighted by Gasteiger charge is -2.04. The van der Waals surface area contributed by atoms with Gasteiger partial charge in [-0.3, -0.25) is 5.32 Å². The summed E-state index contributed by atoms with van der Waals surface area (Å²) in [6.45, 7) is -0.0738. The number of hydrogen-bond acceptors (Lipinski definition) is 5. The van der Waals surface area contributed by atoms with Crippen LogP contribution < -0.4 is 5.32 Å². The minimum atomic E-state index is -1.23. The van der Waals surface area contributed by atoms with E-state index >= 15 is 0 Å². The Morgan fingerprint density at radius 1 is 1.39 bits per heavy atom. The quantitative estimate of drug-likeness (QED) is 0.651. The number of nitrogens with zero attached hydrogens (tertiary/aromatic N) is 3. The Morgan fingerprint density at radius 3 is 2.87 bits per heavy atom. The van der Waals surface area contributed by atoms with E-state index in [1.807, 2.05) is 6.07 Å². The highest BCUT2D eigenvalue weighted by Gasteiger charge is 2.05. The Balaban J connectivity index is 2.05. The molecule has 1 amide bonds. The van der Waals surface area contributed by atoms with Crippen LogP contribution in [-0.2, 0) is 11.4 Å². The summed E-state index contributed by atoms with van der Waals surface area (Å²) in [5, 5.41) is 23.4. The number of oxime groups is 1. The van der Waals surface area contributed by atoms with Crippen LogP contribution in [0.25, 0.3) is 0 Å². The van der Waals surface area contributed by atoms with Gasteiger partial charge in [0.25, 0.3) is 0 Å². The number of benzene rings is 1. The molecule has 0 unspecified atom stereocenters. The molecule has 0 spiro atoms. The molecule has 2 N–H and O–H groups in total. The van der Waals surface area contributed by atoms with E-state index in [0.29, 0.717) is 11.3 Å². The zero-order valence-electron chi connectivity index (χ0n) is 11.7. The van der Waals surface area contributed by atoms with Crippen molar-refractivity contribution in [3.8, 4) is 6.07 Å². The fourth-order valence-electron chi connectivity index (χ4n) is 1.68. The fraction of sp³-hybridized carbons (Fsp3) is 0.0667. The molecule has 7 nitrogen and oxygen atoms in total. The van der Waals surface area contributed by atoms with Crippen LogP contribution in [0.5, 0.6) is 0 Å². The average molecular weight is 314 g/mol. The first-order chi connectivity index (χ1) is 11.1. The summed E-state index contributed by atoms with van der Waals surface area (Å²) < 4.78 is 13.1. The van der Waals surface area contributed by atoms with Gasteiger partial charge in [0.1, 0.15) is 17.7 Å². The number of nitriles is 1. The van der Waals surface area contributed by atoms with Crippen molar-refractivity contribution in [2.75, 3.05) is 5.32 Å². The maximum absolute atomic E-state index is 13.1. The Bertz CT molecular complexity index is 786. The third-order valence-corrected chi connectivity index (χ3v) is 2.61. The van der Waals surface area contributed by atoms with Gasteiger partial charge < -0.3 is 9.94 Å². The first-order valence-corrected chi connectivity index (χ1v) is 6.40. The summed E-state index contributed by atoms with van der Waals surface area (Å²) in [4.78, 5) is 19.6. The number of amides is 1. The normalized spacial score (nSPS) is 10.7. The van der Waals surface area contributed by atoms with Crippen molar-refractivity contribution in [1.82, 2.24) is 4.98 Å². The summed E-state index contributed by atoms with van der Waals surface area (Å²) in [5.74, 6) is -0.340. The molecule has 0 saturated heterocycles. The number of halogens is 1. The molecule has 0 saturated carbocycles. The second-order valence-electron chi connectivity index (χ2n) is 4.28. The van der Waals surface area contributed by atoms with E-state index in [0.717, 1.165) is 0 Å². The van der Waals surface area contributed by atoms with Gasteiger partial charge in [-0.25, -0.2) is 14.2 Å². The average Bonchev–Trinajstić information content (AvgIpc) is 2.51. The molecule has 0 aliphatic heterocycles. The van der Waals surface area contributed by atoms with Gasteiger partial charge >= 0.3 is 6.09 Å². The number of pyridine rings is 1. The lowest BCUT2D eigenvalue weighted by molar-refractivity contribution is 0.128. The van der Waals surface area contributed by atoms with Crippen LogP contribution in [0.1, 0.15) is 11.3 Å². The molecule has 0 radical (unpaired) electrons. The van der Waals surface area contributed by atoms with Gasteiger partial charge in [-0.05, 0) is 24.3 Å². The summed E-state index contributed by atoms with van der Waals surface area (Å²) in [7, 11) is 0. The molecule has 0 aliphatic rings. The monoisotopic (exact) mass is 314 g/mol. The van der Waals surface area contributed by atoms with Gasteiger partial charge in [0.2, 0.25) is 0 Å². The van der Waals surface area contributed by atoms with Gasteiger partial charge in [0.15, 0.2) is 12.3 Å². The van der Waals surface area contributed by atoms with Crippen LogP contribution in [0, 0.1) is 17.1 Å². The van der Waals surface area contributed by atoms with E-state index in [1.54, 1.807) is 12.1 Å². The van der Waals surface area contributed by atoms with Gasteiger partial charge in [0, 0.05) is 5.56 Å². The highest BCUT2D eigenvalue weighted by atomic mass is 19.1. The molecule has 116 valence electrons. The third kappa shape index (κ3) is 4.78. The largest absolute Gasteiger partial charge is 0.465 e. The first-order valence-electron chi connectivity index (χ1n) is 6.40. The predicted molar refractivity (Wildman–Crippen MR) is 79.2 cm³/mol. The second-order valence-corrected chi connectivity index (χ2v) is 4.28. The predicted octanol–water partition coefficient (Wildman–Crippen LogP) is 2.76. The van der Waals surface area contributed by atoms with Gasteiger partial charge in [-0.2, -0.15) is 5.26 Å². The van der Waals surface area contributed by atoms with Crippen LogP contribution in [-0.4, -0.2) is 21.9 Å². The summed E-state index contributed by atoms with van der Waals surface area (Å²) >= 11 is 0. The molecule has 0 atom stereocenters. The highest BCUT2D eigenvalue weighted by molar-refractivity contribution is 6.11. The third-order valence-electron chi connectivity index (χ3n) is 2.61. The zero-order chi connectivity index (χ0) is 16.7. The summed E-state index contributed by atoms with van der Waals surface area (Å²) in [6.07, 6.45) is -1.23. The number of nitrogens with one attached hydrogen (secondary N) is 1. The number of anilines is 1. The van der Waals surface area contributed by atoms with Crippen LogP contribution >= 0.6 is 0 Å². The number of hydrogen-bond donors (Lipinski definition) is 2. The van der Waals surface area contributed by atoms with E-state index < -0.39 is 11.9 Å². The maximum atomic E-state index is 13.1. The van der Waals surface area contributed by atoms with E-state index in [1.165, 1.54) is 30.3 Å². The molecule has 0 bridgehead atoms. The van der Waals surface area contributed by atoms with E-state index in [2.05, 4.69) is 15.5 Å². The van der Waals surface area contributed by atoms with Crippen molar-refractivity contribution < 1.29 is 19.1 Å². The van der Waals surface area contributed by atoms with Crippen LogP contribution in [0.3, 0.4) is 0 Å². The molecule has 0 fully saturated rings. The molecule has 1 heterocycles. The Labute approximate surface area is 130 Å². The molecule has 2 rings (SSSR count). The maximum Gasteiger partial charge on any atom is 0.410 e. The highest BCUT2D eigenvalue weighted by Crippen LogP contribution is 2.08. The Kier molecular flexibility index (Phi) is 5.20. The standard InChI is InChI=1S/C15H11FN4O3/c16-11-4-1-3-10(7-11)13(8-17)20-23-9-12-5-2-6-14(18-12)19-15(21)22/h1-7H,9H2,(H,18,19)(H,21,22). The fourth-order valence-corrected chi connectivity index (χ4v) is 1.68. The SMILES string of the molecule is N#CC(=NOCc1cccc(NC(=O)O)n1)c1cccc(F)c1. The summed E-state index contributed by atoms with van der Waals surface area (Å²) in [6, 6.07) is 11.9. The van der Waals surface area contributed by atoms with Crippen LogP contribution in [0.4, 0.5) is 15.0 Å². The molecular weight excluding hydrogens is 303 g/mol. The molecule has 0 aliphatic carbocycles. The molecule has 8 heteroatoms. The minimum Gasteiger partial charge on any atom is -0.465 e. The van der Waals surface area contributed by atoms with Crippen molar-refractivity contribution >= 4 is 17.6 Å². The lowest BCUT2D eigenvalue weighted by Crippen LogP contribution is -2.09. The van der Waals surface area contributed by atoms with Crippen molar-refractivity contribution in [2.45, 2.75) is 6.61 Å². The molecule has 1 aromatic heterocycles. The molecular formula is C15H11FN4O3. The minimum absolute atomic E-state index is 0.0738. The smallest absolute Gasteiger partial charge is 0.410 e. The van der Waals surface area contributed by atoms with Gasteiger partial charge in [-0.1, -0.05) is 23.4 Å². The van der Waals surface area contributed by atoms with Crippen molar-refractivity contribution in [1.29, 1.82) is 5.26 Å². The van der Waals surface area contributed by atoms with Crippen molar-refractivity contribution in [3.63, 3.8) is 0 Å².